The Hall–Kier alpha value is -2.82. The molecule has 1 aliphatic rings. The van der Waals surface area contributed by atoms with Gasteiger partial charge in [-0.15, -0.1) is 0 Å². The Bertz CT molecular complexity index is 806. The molecule has 0 saturated carbocycles. The van der Waals surface area contributed by atoms with Gasteiger partial charge in [0, 0.05) is 5.56 Å². The molecule has 148 valence electrons. The third-order valence-corrected chi connectivity index (χ3v) is 5.11. The van der Waals surface area contributed by atoms with Crippen LogP contribution in [0.2, 0.25) is 0 Å². The van der Waals surface area contributed by atoms with Crippen LogP contribution in [0.5, 0.6) is 0 Å². The number of cyclic esters (lactones) is 1. The van der Waals surface area contributed by atoms with Gasteiger partial charge in [-0.1, -0.05) is 81.4 Å². The van der Waals surface area contributed by atoms with Crippen molar-refractivity contribution < 1.29 is 19.1 Å². The minimum atomic E-state index is -1.03. The molecule has 0 radical (unpaired) electrons. The minimum absolute atomic E-state index is 0.146. The number of carbonyl (C=O) groups excluding carboxylic acids is 2. The number of benzene rings is 2. The molecule has 2 aromatic rings. The first-order valence-electron chi connectivity index (χ1n) is 9.74. The zero-order valence-electron chi connectivity index (χ0n) is 16.6. The monoisotopic (exact) mass is 381 g/mol. The topological polar surface area (TPSA) is 55.8 Å². The van der Waals surface area contributed by atoms with Crippen LogP contribution in [-0.2, 0) is 20.9 Å². The average molecular weight is 381 g/mol. The Morgan fingerprint density at radius 2 is 1.71 bits per heavy atom. The fourth-order valence-corrected chi connectivity index (χ4v) is 3.80. The van der Waals surface area contributed by atoms with Crippen LogP contribution in [0, 0.1) is 5.92 Å². The van der Waals surface area contributed by atoms with Gasteiger partial charge in [0.15, 0.2) is 0 Å². The predicted molar refractivity (Wildman–Crippen MR) is 106 cm³/mol. The van der Waals surface area contributed by atoms with Crippen molar-refractivity contribution in [1.29, 1.82) is 0 Å². The number of hydrogen-bond donors (Lipinski definition) is 0. The number of amides is 1. The Morgan fingerprint density at radius 3 is 2.29 bits per heavy atom. The molecule has 0 aliphatic carbocycles. The molecule has 5 nitrogen and oxygen atoms in total. The van der Waals surface area contributed by atoms with Crippen LogP contribution in [0.25, 0.3) is 0 Å². The van der Waals surface area contributed by atoms with Gasteiger partial charge in [-0.2, -0.15) is 0 Å². The van der Waals surface area contributed by atoms with Gasteiger partial charge in [0.1, 0.15) is 12.1 Å². The van der Waals surface area contributed by atoms with Crippen molar-refractivity contribution in [3.63, 3.8) is 0 Å². The molecule has 2 aromatic carbocycles. The van der Waals surface area contributed by atoms with Crippen LogP contribution in [0.15, 0.2) is 60.7 Å². The fraction of sp³-hybridized carbons (Fsp3) is 0.391. The third kappa shape index (κ3) is 3.88. The lowest BCUT2D eigenvalue weighted by Crippen LogP contribution is -2.52. The van der Waals surface area contributed by atoms with Gasteiger partial charge in [0.05, 0.1) is 0 Å². The van der Waals surface area contributed by atoms with E-state index in [4.69, 9.17) is 9.47 Å². The summed E-state index contributed by atoms with van der Waals surface area (Å²) in [5, 5.41) is 0. The Balaban J connectivity index is 1.93. The van der Waals surface area contributed by atoms with Crippen molar-refractivity contribution in [2.75, 3.05) is 0 Å². The molecule has 1 fully saturated rings. The van der Waals surface area contributed by atoms with Crippen LogP contribution in [0.1, 0.15) is 51.0 Å². The van der Waals surface area contributed by atoms with E-state index in [1.54, 1.807) is 0 Å². The van der Waals surface area contributed by atoms with E-state index in [0.29, 0.717) is 12.8 Å². The summed E-state index contributed by atoms with van der Waals surface area (Å²) >= 11 is 0. The van der Waals surface area contributed by atoms with E-state index in [1.807, 2.05) is 81.4 Å². The maximum Gasteiger partial charge on any atom is 0.414 e. The number of hydrogen-bond acceptors (Lipinski definition) is 4. The SMILES string of the molecule is CCC1(CC(C)C)C(=O)OC(c2ccccc2)N1C(=O)OCc1ccccc1. The van der Waals surface area contributed by atoms with Gasteiger partial charge >= 0.3 is 12.1 Å². The van der Waals surface area contributed by atoms with Crippen LogP contribution in [0.3, 0.4) is 0 Å². The molecule has 2 unspecified atom stereocenters. The standard InChI is InChI=1S/C23H27NO4/c1-4-23(15-17(2)3)21(25)28-20(19-13-9-6-10-14-19)24(23)22(26)27-16-18-11-7-5-8-12-18/h5-14,17,20H,4,15-16H2,1-3H3. The maximum absolute atomic E-state index is 13.2. The number of carbonyl (C=O) groups is 2. The van der Waals surface area contributed by atoms with E-state index in [1.165, 1.54) is 4.90 Å². The largest absolute Gasteiger partial charge is 0.444 e. The summed E-state index contributed by atoms with van der Waals surface area (Å²) in [6.45, 7) is 6.13. The fourth-order valence-electron chi connectivity index (χ4n) is 3.80. The van der Waals surface area contributed by atoms with E-state index < -0.39 is 17.9 Å². The highest BCUT2D eigenvalue weighted by Crippen LogP contribution is 2.44. The van der Waals surface area contributed by atoms with Crippen molar-refractivity contribution in [2.45, 2.75) is 52.0 Å². The van der Waals surface area contributed by atoms with Gasteiger partial charge in [0.2, 0.25) is 6.23 Å². The van der Waals surface area contributed by atoms with Gasteiger partial charge in [-0.25, -0.2) is 9.59 Å². The molecule has 0 spiro atoms. The zero-order valence-corrected chi connectivity index (χ0v) is 16.6. The predicted octanol–water partition coefficient (Wildman–Crippen LogP) is 5.08. The molecule has 1 amide bonds. The maximum atomic E-state index is 13.2. The summed E-state index contributed by atoms with van der Waals surface area (Å²) in [7, 11) is 0. The number of rotatable bonds is 6. The molecule has 1 saturated heterocycles. The molecule has 0 bridgehead atoms. The Kier molecular flexibility index (Phi) is 6.02. The van der Waals surface area contributed by atoms with E-state index in [2.05, 4.69) is 0 Å². The van der Waals surface area contributed by atoms with Gasteiger partial charge in [-0.3, -0.25) is 4.90 Å². The number of esters is 1. The molecule has 3 rings (SSSR count). The first kappa shape index (κ1) is 19.9. The molecular weight excluding hydrogens is 354 g/mol. The van der Waals surface area contributed by atoms with Crippen molar-refractivity contribution in [3.05, 3.63) is 71.8 Å². The summed E-state index contributed by atoms with van der Waals surface area (Å²) in [4.78, 5) is 27.6. The molecule has 5 heteroatoms. The molecule has 0 N–H and O–H groups in total. The lowest BCUT2D eigenvalue weighted by molar-refractivity contribution is -0.146. The van der Waals surface area contributed by atoms with Crippen molar-refractivity contribution in [1.82, 2.24) is 4.90 Å². The molecule has 2 atom stereocenters. The van der Waals surface area contributed by atoms with E-state index in [0.717, 1.165) is 11.1 Å². The van der Waals surface area contributed by atoms with E-state index >= 15 is 0 Å². The lowest BCUT2D eigenvalue weighted by atomic mass is 9.85. The second-order valence-corrected chi connectivity index (χ2v) is 7.56. The highest BCUT2D eigenvalue weighted by atomic mass is 16.6. The summed E-state index contributed by atoms with van der Waals surface area (Å²) in [6.07, 6.45) is -0.332. The van der Waals surface area contributed by atoms with Crippen molar-refractivity contribution in [3.8, 4) is 0 Å². The van der Waals surface area contributed by atoms with Crippen LogP contribution in [0.4, 0.5) is 4.79 Å². The number of ether oxygens (including phenoxy) is 2. The van der Waals surface area contributed by atoms with Gasteiger partial charge < -0.3 is 9.47 Å². The second kappa shape index (κ2) is 8.46. The number of nitrogens with zero attached hydrogens (tertiary/aromatic N) is 1. The normalized spacial score (nSPS) is 21.6. The summed E-state index contributed by atoms with van der Waals surface area (Å²) in [6, 6.07) is 18.8. The Labute approximate surface area is 166 Å². The highest BCUT2D eigenvalue weighted by Gasteiger charge is 2.57. The van der Waals surface area contributed by atoms with Crippen LogP contribution in [-0.4, -0.2) is 22.5 Å². The highest BCUT2D eigenvalue weighted by molar-refractivity contribution is 5.89. The zero-order chi connectivity index (χ0) is 20.1. The average Bonchev–Trinajstić information content (AvgIpc) is 2.99. The molecule has 1 aliphatic heterocycles. The summed E-state index contributed by atoms with van der Waals surface area (Å²) in [5.74, 6) is -0.152. The second-order valence-electron chi connectivity index (χ2n) is 7.56. The first-order valence-corrected chi connectivity index (χ1v) is 9.74. The summed E-state index contributed by atoms with van der Waals surface area (Å²) < 4.78 is 11.3. The lowest BCUT2D eigenvalue weighted by Gasteiger charge is -2.36. The van der Waals surface area contributed by atoms with Crippen LogP contribution < -0.4 is 0 Å². The van der Waals surface area contributed by atoms with Crippen molar-refractivity contribution in [2.24, 2.45) is 5.92 Å². The molecular formula is C23H27NO4. The molecule has 1 heterocycles. The van der Waals surface area contributed by atoms with E-state index in [9.17, 15) is 9.59 Å². The third-order valence-electron chi connectivity index (χ3n) is 5.11. The molecule has 0 aromatic heterocycles. The Morgan fingerprint density at radius 1 is 1.11 bits per heavy atom. The van der Waals surface area contributed by atoms with Crippen molar-refractivity contribution >= 4 is 12.1 Å². The van der Waals surface area contributed by atoms with Gasteiger partial charge in [0.25, 0.3) is 0 Å². The minimum Gasteiger partial charge on any atom is -0.444 e. The van der Waals surface area contributed by atoms with E-state index in [-0.39, 0.29) is 18.5 Å². The van der Waals surface area contributed by atoms with Crippen LogP contribution >= 0.6 is 0 Å². The summed E-state index contributed by atoms with van der Waals surface area (Å²) in [5.41, 5.74) is 0.624. The van der Waals surface area contributed by atoms with Gasteiger partial charge in [-0.05, 0) is 24.3 Å². The molecule has 28 heavy (non-hydrogen) atoms. The smallest absolute Gasteiger partial charge is 0.414 e. The first-order chi connectivity index (χ1) is 13.5. The quantitative estimate of drug-likeness (QED) is 0.655.